The van der Waals surface area contributed by atoms with Crippen LogP contribution in [-0.4, -0.2) is 30.3 Å². The highest BCUT2D eigenvalue weighted by Crippen LogP contribution is 2.37. The minimum Gasteiger partial charge on any atom is -0.469 e. The molecule has 0 bridgehead atoms. The molecule has 3 rings (SSSR count). The number of esters is 1. The number of fused-ring (bicyclic) bond motifs is 2. The molecule has 7 nitrogen and oxygen atoms in total. The molecular formula is C15H16N2O5S. The molecule has 122 valence electrons. The third kappa shape index (κ3) is 3.07. The normalized spacial score (nSPS) is 13.6. The number of amides is 1. The van der Waals surface area contributed by atoms with Crippen LogP contribution < -0.4 is 14.3 Å². The number of hydrogen-bond acceptors (Lipinski definition) is 6. The first-order valence-electron chi connectivity index (χ1n) is 7.19. The van der Waals surface area contributed by atoms with E-state index in [1.165, 1.54) is 18.4 Å². The van der Waals surface area contributed by atoms with Crippen molar-refractivity contribution >= 4 is 33.4 Å². The number of benzene rings is 1. The lowest BCUT2D eigenvalue weighted by Gasteiger charge is -2.05. The molecular weight excluding hydrogens is 320 g/mol. The van der Waals surface area contributed by atoms with Crippen LogP contribution in [0.15, 0.2) is 17.1 Å². The molecule has 0 radical (unpaired) electrons. The van der Waals surface area contributed by atoms with E-state index >= 15 is 0 Å². The van der Waals surface area contributed by atoms with Crippen LogP contribution in [0.5, 0.6) is 11.5 Å². The number of carbonyl (C=O) groups is 2. The maximum Gasteiger partial charge on any atom is 0.307 e. The zero-order valence-electron chi connectivity index (χ0n) is 12.8. The van der Waals surface area contributed by atoms with Crippen LogP contribution in [0.3, 0.4) is 0 Å². The average Bonchev–Trinajstić information content (AvgIpc) is 3.13. The lowest BCUT2D eigenvalue weighted by Crippen LogP contribution is -2.19. The van der Waals surface area contributed by atoms with Crippen molar-refractivity contribution in [1.82, 2.24) is 4.57 Å². The molecule has 1 aromatic carbocycles. The molecule has 23 heavy (non-hydrogen) atoms. The number of aryl methyl sites for hydroxylation is 1. The Kier molecular flexibility index (Phi) is 4.33. The van der Waals surface area contributed by atoms with Gasteiger partial charge in [-0.2, -0.15) is 4.99 Å². The van der Waals surface area contributed by atoms with Gasteiger partial charge < -0.3 is 18.8 Å². The van der Waals surface area contributed by atoms with Crippen molar-refractivity contribution in [2.45, 2.75) is 26.3 Å². The van der Waals surface area contributed by atoms with Gasteiger partial charge in [0.2, 0.25) is 12.7 Å². The Balaban J connectivity index is 2.11. The zero-order valence-corrected chi connectivity index (χ0v) is 13.6. The molecule has 2 aromatic rings. The number of methoxy groups -OCH3 is 1. The maximum atomic E-state index is 11.7. The zero-order chi connectivity index (χ0) is 16.4. The van der Waals surface area contributed by atoms with E-state index in [0.29, 0.717) is 29.3 Å². The largest absolute Gasteiger partial charge is 0.469 e. The van der Waals surface area contributed by atoms with Crippen LogP contribution in [-0.2, 0) is 20.9 Å². The Bertz CT molecular complexity index is 836. The monoisotopic (exact) mass is 336 g/mol. The first-order valence-corrected chi connectivity index (χ1v) is 8.01. The molecule has 0 saturated heterocycles. The van der Waals surface area contributed by atoms with Crippen LogP contribution >= 0.6 is 11.3 Å². The average molecular weight is 336 g/mol. The van der Waals surface area contributed by atoms with E-state index in [9.17, 15) is 9.59 Å². The summed E-state index contributed by atoms with van der Waals surface area (Å²) in [6.07, 6.45) is 0.526. The molecule has 1 aliphatic heterocycles. The molecule has 0 fully saturated rings. The van der Waals surface area contributed by atoms with Gasteiger partial charge in [0.1, 0.15) is 0 Å². The summed E-state index contributed by atoms with van der Waals surface area (Å²) in [5, 5.41) is 0. The molecule has 0 spiro atoms. The van der Waals surface area contributed by atoms with Crippen molar-refractivity contribution in [2.24, 2.45) is 4.99 Å². The number of ether oxygens (including phenoxy) is 3. The molecule has 0 aliphatic carbocycles. The van der Waals surface area contributed by atoms with Crippen molar-refractivity contribution < 1.29 is 23.8 Å². The van der Waals surface area contributed by atoms with Gasteiger partial charge in [-0.25, -0.2) is 0 Å². The molecule has 8 heteroatoms. The number of rotatable bonds is 4. The minimum atomic E-state index is -0.314. The summed E-state index contributed by atoms with van der Waals surface area (Å²) in [5.41, 5.74) is 0.853. The summed E-state index contributed by atoms with van der Waals surface area (Å²) in [7, 11) is 1.35. The predicted octanol–water partition coefficient (Wildman–Crippen LogP) is 1.83. The number of thiazole rings is 1. The smallest absolute Gasteiger partial charge is 0.307 e. The molecule has 2 heterocycles. The Labute approximate surface area is 136 Å². The molecule has 1 aliphatic rings. The van der Waals surface area contributed by atoms with Crippen LogP contribution in [0.1, 0.15) is 19.8 Å². The second-order valence-corrected chi connectivity index (χ2v) is 5.90. The third-order valence-corrected chi connectivity index (χ3v) is 4.51. The Morgan fingerprint density at radius 2 is 2.09 bits per heavy atom. The van der Waals surface area contributed by atoms with Crippen molar-refractivity contribution in [3.8, 4) is 11.5 Å². The summed E-state index contributed by atoms with van der Waals surface area (Å²) in [6.45, 7) is 2.33. The predicted molar refractivity (Wildman–Crippen MR) is 83.4 cm³/mol. The first kappa shape index (κ1) is 15.5. The van der Waals surface area contributed by atoms with Gasteiger partial charge in [0, 0.05) is 25.1 Å². The van der Waals surface area contributed by atoms with E-state index in [4.69, 9.17) is 9.47 Å². The summed E-state index contributed by atoms with van der Waals surface area (Å²) in [5.74, 6) is 0.802. The molecule has 1 aromatic heterocycles. The van der Waals surface area contributed by atoms with Crippen LogP contribution in [0, 0.1) is 0 Å². The van der Waals surface area contributed by atoms with E-state index in [1.807, 2.05) is 16.7 Å². The highest BCUT2D eigenvalue weighted by Gasteiger charge is 2.18. The van der Waals surface area contributed by atoms with E-state index in [2.05, 4.69) is 9.73 Å². The van der Waals surface area contributed by atoms with Gasteiger partial charge in [-0.3, -0.25) is 9.59 Å². The van der Waals surface area contributed by atoms with Crippen LogP contribution in [0.4, 0.5) is 0 Å². The van der Waals surface area contributed by atoms with Crippen molar-refractivity contribution in [2.75, 3.05) is 13.9 Å². The number of nitrogens with zero attached hydrogens (tertiary/aromatic N) is 2. The fourth-order valence-corrected chi connectivity index (χ4v) is 3.34. The van der Waals surface area contributed by atoms with Gasteiger partial charge in [0.25, 0.3) is 0 Å². The molecule has 0 saturated carbocycles. The lowest BCUT2D eigenvalue weighted by atomic mass is 10.3. The second kappa shape index (κ2) is 6.41. The van der Waals surface area contributed by atoms with E-state index in [0.717, 1.165) is 10.2 Å². The van der Waals surface area contributed by atoms with E-state index < -0.39 is 0 Å². The lowest BCUT2D eigenvalue weighted by molar-refractivity contribution is -0.140. The highest BCUT2D eigenvalue weighted by atomic mass is 32.1. The Morgan fingerprint density at radius 1 is 1.35 bits per heavy atom. The number of hydrogen-bond donors (Lipinski definition) is 0. The third-order valence-electron chi connectivity index (χ3n) is 3.47. The fourth-order valence-electron chi connectivity index (χ4n) is 2.25. The van der Waals surface area contributed by atoms with E-state index in [1.54, 1.807) is 6.92 Å². The number of aromatic nitrogens is 1. The van der Waals surface area contributed by atoms with Crippen molar-refractivity contribution in [1.29, 1.82) is 0 Å². The summed E-state index contributed by atoms with van der Waals surface area (Å²) < 4.78 is 18.2. The molecule has 1 amide bonds. The van der Waals surface area contributed by atoms with E-state index in [-0.39, 0.29) is 25.1 Å². The summed E-state index contributed by atoms with van der Waals surface area (Å²) >= 11 is 1.38. The van der Waals surface area contributed by atoms with Crippen LogP contribution in [0.2, 0.25) is 0 Å². The highest BCUT2D eigenvalue weighted by molar-refractivity contribution is 7.16. The van der Waals surface area contributed by atoms with Gasteiger partial charge in [-0.05, 0) is 0 Å². The Morgan fingerprint density at radius 3 is 2.78 bits per heavy atom. The summed E-state index contributed by atoms with van der Waals surface area (Å²) in [6, 6.07) is 3.72. The fraction of sp³-hybridized carbons (Fsp3) is 0.400. The second-order valence-electron chi connectivity index (χ2n) is 4.89. The van der Waals surface area contributed by atoms with Crippen molar-refractivity contribution in [3.05, 3.63) is 16.9 Å². The number of carbonyl (C=O) groups excluding carboxylic acids is 2. The van der Waals surface area contributed by atoms with Gasteiger partial charge in [0.05, 0.1) is 23.7 Å². The molecule has 0 N–H and O–H groups in total. The quantitative estimate of drug-likeness (QED) is 0.796. The summed E-state index contributed by atoms with van der Waals surface area (Å²) in [4.78, 5) is 27.8. The van der Waals surface area contributed by atoms with Gasteiger partial charge in [0.15, 0.2) is 16.3 Å². The first-order chi connectivity index (χ1) is 11.1. The minimum absolute atomic E-state index is 0.195. The van der Waals surface area contributed by atoms with Gasteiger partial charge in [-0.1, -0.05) is 18.3 Å². The van der Waals surface area contributed by atoms with Crippen LogP contribution in [0.25, 0.3) is 10.2 Å². The van der Waals surface area contributed by atoms with Gasteiger partial charge in [-0.15, -0.1) is 0 Å². The van der Waals surface area contributed by atoms with Gasteiger partial charge >= 0.3 is 5.97 Å². The molecule has 0 atom stereocenters. The topological polar surface area (TPSA) is 79.1 Å². The van der Waals surface area contributed by atoms with Crippen molar-refractivity contribution in [3.63, 3.8) is 0 Å². The molecule has 0 unspecified atom stereocenters. The standard InChI is InChI=1S/C15H16N2O5S/c1-3-13(18)16-15-17(5-4-14(19)20-2)9-6-10-11(22-8-21-10)7-12(9)23-15/h6-7H,3-5,8H2,1-2H3. The maximum absolute atomic E-state index is 11.7. The SMILES string of the molecule is CCC(=O)N=c1sc2cc3c(cc2n1CCC(=O)OC)OCO3. The Hall–Kier alpha value is -2.35.